The third-order valence-electron chi connectivity index (χ3n) is 2.69. The second-order valence-electron chi connectivity index (χ2n) is 4.03. The van der Waals surface area contributed by atoms with Gasteiger partial charge in [0.05, 0.1) is 13.2 Å². The second-order valence-corrected chi connectivity index (χ2v) is 5.25. The second kappa shape index (κ2) is 6.36. The van der Waals surface area contributed by atoms with E-state index >= 15 is 0 Å². The van der Waals surface area contributed by atoms with E-state index in [1.807, 2.05) is 11.8 Å². The fraction of sp³-hybridized carbons (Fsp3) is 0.636. The van der Waals surface area contributed by atoms with Crippen LogP contribution in [-0.2, 0) is 9.53 Å². The molecule has 0 saturated carbocycles. The number of aromatic nitrogens is 1. The minimum Gasteiger partial charge on any atom is -0.377 e. The normalized spacial score (nSPS) is 19.9. The molecule has 1 aromatic rings. The summed E-state index contributed by atoms with van der Waals surface area (Å²) >= 11 is 7.28. The molecule has 1 N–H and O–H groups in total. The van der Waals surface area contributed by atoms with E-state index < -0.39 is 0 Å². The van der Waals surface area contributed by atoms with Gasteiger partial charge in [-0.3, -0.25) is 4.79 Å². The van der Waals surface area contributed by atoms with Gasteiger partial charge in [0.2, 0.25) is 5.91 Å². The zero-order valence-electron chi connectivity index (χ0n) is 10.2. The van der Waals surface area contributed by atoms with Gasteiger partial charge in [0.15, 0.2) is 5.13 Å². The molecule has 2 rings (SSSR count). The molecule has 1 saturated heterocycles. The number of hydrogen-bond donors (Lipinski definition) is 1. The van der Waals surface area contributed by atoms with Crippen LogP contribution >= 0.6 is 22.9 Å². The first-order chi connectivity index (χ1) is 8.72. The summed E-state index contributed by atoms with van der Waals surface area (Å²) in [6.45, 7) is 4.37. The summed E-state index contributed by atoms with van der Waals surface area (Å²) < 4.78 is 5.38. The first-order valence-electron chi connectivity index (χ1n) is 5.95. The molecule has 2 heterocycles. The van der Waals surface area contributed by atoms with Crippen molar-refractivity contribution in [3.8, 4) is 0 Å². The van der Waals surface area contributed by atoms with Crippen LogP contribution in [0.25, 0.3) is 0 Å². The van der Waals surface area contributed by atoms with Crippen molar-refractivity contribution >= 4 is 34.0 Å². The number of amides is 1. The highest BCUT2D eigenvalue weighted by molar-refractivity contribution is 7.14. The molecule has 0 aliphatic carbocycles. The highest BCUT2D eigenvalue weighted by Gasteiger charge is 2.30. The molecule has 1 aromatic heterocycles. The first-order valence-corrected chi connectivity index (χ1v) is 7.21. The molecule has 5 nitrogen and oxygen atoms in total. The first kappa shape index (κ1) is 13.6. The summed E-state index contributed by atoms with van der Waals surface area (Å²) in [5, 5.41) is 5.91. The predicted octanol–water partition coefficient (Wildman–Crippen LogP) is 1.53. The Kier molecular flexibility index (Phi) is 4.79. The molecule has 1 atom stereocenters. The summed E-state index contributed by atoms with van der Waals surface area (Å²) in [6, 6.07) is -0.312. The van der Waals surface area contributed by atoms with Crippen molar-refractivity contribution in [3.63, 3.8) is 0 Å². The number of nitrogens with one attached hydrogen (secondary N) is 1. The van der Waals surface area contributed by atoms with E-state index in [4.69, 9.17) is 16.3 Å². The molecular weight excluding hydrogens is 274 g/mol. The molecule has 0 radical (unpaired) electrons. The van der Waals surface area contributed by atoms with Crippen molar-refractivity contribution in [2.45, 2.75) is 19.4 Å². The smallest absolute Gasteiger partial charge is 0.245 e. The maximum absolute atomic E-state index is 12.1. The van der Waals surface area contributed by atoms with Gasteiger partial charge in [0.25, 0.3) is 0 Å². The lowest BCUT2D eigenvalue weighted by Crippen LogP contribution is -2.54. The summed E-state index contributed by atoms with van der Waals surface area (Å²) in [4.78, 5) is 18.2. The van der Waals surface area contributed by atoms with Gasteiger partial charge in [-0.2, -0.15) is 0 Å². The summed E-state index contributed by atoms with van der Waals surface area (Å²) in [6.07, 6.45) is 0.919. The third kappa shape index (κ3) is 3.13. The fourth-order valence-corrected chi connectivity index (χ4v) is 2.82. The number of carbonyl (C=O) groups is 1. The number of morpholine rings is 1. The van der Waals surface area contributed by atoms with Gasteiger partial charge in [-0.1, -0.05) is 18.5 Å². The topological polar surface area (TPSA) is 54.5 Å². The van der Waals surface area contributed by atoms with Crippen molar-refractivity contribution in [1.82, 2.24) is 10.3 Å². The van der Waals surface area contributed by atoms with Crippen LogP contribution in [0, 0.1) is 0 Å². The van der Waals surface area contributed by atoms with Gasteiger partial charge >= 0.3 is 0 Å². The predicted molar refractivity (Wildman–Crippen MR) is 72.4 cm³/mol. The standard InChI is InChI=1S/C11H16ClN3O2S/c1-2-3-13-10(16)8-6-17-5-4-15(8)11-14-9(12)7-18-11/h7-8H,2-6H2,1H3,(H,13,16). The summed E-state index contributed by atoms with van der Waals surface area (Å²) in [5.41, 5.74) is 0. The van der Waals surface area contributed by atoms with Gasteiger partial charge in [-0.25, -0.2) is 4.98 Å². The Labute approximate surface area is 115 Å². The number of carbonyl (C=O) groups excluding carboxylic acids is 1. The van der Waals surface area contributed by atoms with Gasteiger partial charge in [-0.05, 0) is 6.42 Å². The molecule has 1 aliphatic rings. The lowest BCUT2D eigenvalue weighted by atomic mass is 10.2. The zero-order valence-corrected chi connectivity index (χ0v) is 11.8. The van der Waals surface area contributed by atoms with E-state index in [0.717, 1.165) is 11.6 Å². The quantitative estimate of drug-likeness (QED) is 0.913. The molecule has 0 bridgehead atoms. The highest BCUT2D eigenvalue weighted by Crippen LogP contribution is 2.26. The highest BCUT2D eigenvalue weighted by atomic mass is 35.5. The number of hydrogen-bond acceptors (Lipinski definition) is 5. The average Bonchev–Trinajstić information content (AvgIpc) is 2.82. The van der Waals surface area contributed by atoms with Crippen LogP contribution in [0.15, 0.2) is 5.38 Å². The number of anilines is 1. The Balaban J connectivity index is 2.08. The van der Waals surface area contributed by atoms with E-state index in [9.17, 15) is 4.79 Å². The van der Waals surface area contributed by atoms with Crippen molar-refractivity contribution in [3.05, 3.63) is 10.5 Å². The SMILES string of the molecule is CCCNC(=O)C1COCCN1c1nc(Cl)cs1. The Morgan fingerprint density at radius 1 is 1.78 bits per heavy atom. The van der Waals surface area contributed by atoms with Gasteiger partial charge in [0, 0.05) is 18.5 Å². The Morgan fingerprint density at radius 2 is 2.61 bits per heavy atom. The maximum Gasteiger partial charge on any atom is 0.245 e. The van der Waals surface area contributed by atoms with E-state index in [2.05, 4.69) is 10.3 Å². The number of thiazole rings is 1. The van der Waals surface area contributed by atoms with Crippen LogP contribution < -0.4 is 10.2 Å². The molecule has 7 heteroatoms. The molecule has 0 spiro atoms. The molecule has 1 amide bonds. The molecule has 0 aromatic carbocycles. The lowest BCUT2D eigenvalue weighted by Gasteiger charge is -2.34. The molecule has 1 aliphatic heterocycles. The van der Waals surface area contributed by atoms with Crippen molar-refractivity contribution in [2.24, 2.45) is 0 Å². The Hall–Kier alpha value is -0.850. The van der Waals surface area contributed by atoms with Crippen molar-refractivity contribution in [1.29, 1.82) is 0 Å². The van der Waals surface area contributed by atoms with Crippen LogP contribution in [0.5, 0.6) is 0 Å². The number of rotatable bonds is 4. The van der Waals surface area contributed by atoms with Gasteiger partial charge < -0.3 is 15.0 Å². The number of halogens is 1. The van der Waals surface area contributed by atoms with Crippen LogP contribution in [0.2, 0.25) is 5.15 Å². The summed E-state index contributed by atoms with van der Waals surface area (Å²) in [7, 11) is 0. The molecule has 100 valence electrons. The van der Waals surface area contributed by atoms with Crippen LogP contribution in [0.4, 0.5) is 5.13 Å². The molecule has 1 fully saturated rings. The van der Waals surface area contributed by atoms with E-state index in [0.29, 0.717) is 31.5 Å². The van der Waals surface area contributed by atoms with Gasteiger partial charge in [0.1, 0.15) is 11.2 Å². The Morgan fingerprint density at radius 3 is 3.28 bits per heavy atom. The monoisotopic (exact) mass is 289 g/mol. The third-order valence-corrected chi connectivity index (χ3v) is 3.89. The molecule has 18 heavy (non-hydrogen) atoms. The number of nitrogens with zero attached hydrogens (tertiary/aromatic N) is 2. The Bertz CT molecular complexity index is 413. The van der Waals surface area contributed by atoms with Crippen molar-refractivity contribution in [2.75, 3.05) is 31.2 Å². The van der Waals surface area contributed by atoms with Gasteiger partial charge in [-0.15, -0.1) is 11.3 Å². The minimum absolute atomic E-state index is 0.0112. The van der Waals surface area contributed by atoms with Crippen LogP contribution in [0.1, 0.15) is 13.3 Å². The minimum atomic E-state index is -0.312. The summed E-state index contributed by atoms with van der Waals surface area (Å²) in [5.74, 6) is -0.0112. The van der Waals surface area contributed by atoms with Crippen LogP contribution in [0.3, 0.4) is 0 Å². The maximum atomic E-state index is 12.1. The van der Waals surface area contributed by atoms with E-state index in [1.54, 1.807) is 5.38 Å². The largest absolute Gasteiger partial charge is 0.377 e. The lowest BCUT2D eigenvalue weighted by molar-refractivity contribution is -0.124. The molecular formula is C11H16ClN3O2S. The fourth-order valence-electron chi connectivity index (χ4n) is 1.79. The van der Waals surface area contributed by atoms with E-state index in [1.165, 1.54) is 11.3 Å². The van der Waals surface area contributed by atoms with Crippen molar-refractivity contribution < 1.29 is 9.53 Å². The average molecular weight is 290 g/mol. The molecule has 1 unspecified atom stereocenters. The number of ether oxygens (including phenoxy) is 1. The van der Waals surface area contributed by atoms with Crippen LogP contribution in [-0.4, -0.2) is 43.2 Å². The zero-order chi connectivity index (χ0) is 13.0. The van der Waals surface area contributed by atoms with E-state index in [-0.39, 0.29) is 11.9 Å².